The van der Waals surface area contributed by atoms with Gasteiger partial charge in [-0.2, -0.15) is 0 Å². The third-order valence-electron chi connectivity index (χ3n) is 2.20. The van der Waals surface area contributed by atoms with Gasteiger partial charge in [0.2, 0.25) is 11.8 Å². The Hall–Kier alpha value is -1.63. The third-order valence-corrected chi connectivity index (χ3v) is 2.20. The van der Waals surface area contributed by atoms with Gasteiger partial charge in [-0.05, 0) is 6.42 Å². The van der Waals surface area contributed by atoms with Crippen molar-refractivity contribution < 1.29 is 24.2 Å². The summed E-state index contributed by atoms with van der Waals surface area (Å²) in [5.74, 6) is -1.70. The molecule has 0 spiro atoms. The van der Waals surface area contributed by atoms with E-state index in [1.807, 2.05) is 6.92 Å². The maximum atomic E-state index is 11.3. The van der Waals surface area contributed by atoms with E-state index in [4.69, 9.17) is 5.11 Å². The molecule has 7 heteroatoms. The van der Waals surface area contributed by atoms with Gasteiger partial charge in [-0.25, -0.2) is 4.79 Å². The largest absolute Gasteiger partial charge is 0.479 e. The van der Waals surface area contributed by atoms with E-state index in [1.54, 1.807) is 0 Å². The molecule has 0 radical (unpaired) electrons. The van der Waals surface area contributed by atoms with E-state index >= 15 is 0 Å². The van der Waals surface area contributed by atoms with Crippen LogP contribution < -0.4 is 10.6 Å². The molecule has 3 N–H and O–H groups in total. The molecule has 0 aliphatic rings. The molecule has 0 saturated carbocycles. The smallest absolute Gasteiger partial charge is 0.334 e. The molecule has 0 bridgehead atoms. The number of hydrogen-bond acceptors (Lipinski definition) is 4. The van der Waals surface area contributed by atoms with Crippen LogP contribution in [0.2, 0.25) is 0 Å². The van der Waals surface area contributed by atoms with E-state index in [0.717, 1.165) is 6.42 Å². The van der Waals surface area contributed by atoms with Crippen LogP contribution in [-0.4, -0.2) is 49.2 Å². The minimum atomic E-state index is -1.14. The molecule has 18 heavy (non-hydrogen) atoms. The van der Waals surface area contributed by atoms with E-state index in [1.165, 1.54) is 7.11 Å². The number of carbonyl (C=O) groups is 3. The van der Waals surface area contributed by atoms with Crippen molar-refractivity contribution in [2.24, 2.45) is 0 Å². The fraction of sp³-hybridized carbons (Fsp3) is 0.727. The minimum absolute atomic E-state index is 0.0333. The SMILES string of the molecule is CCCNC(=O)CCC(=O)NCC(OC)C(=O)O. The van der Waals surface area contributed by atoms with Gasteiger partial charge in [-0.3, -0.25) is 9.59 Å². The highest BCUT2D eigenvalue weighted by Crippen LogP contribution is 1.92. The lowest BCUT2D eigenvalue weighted by molar-refractivity contribution is -0.148. The van der Waals surface area contributed by atoms with Gasteiger partial charge in [0, 0.05) is 26.5 Å². The first-order valence-corrected chi connectivity index (χ1v) is 5.80. The summed E-state index contributed by atoms with van der Waals surface area (Å²) in [7, 11) is 1.25. The molecule has 0 aromatic carbocycles. The predicted octanol–water partition coefficient (Wildman–Crippen LogP) is -0.491. The zero-order valence-corrected chi connectivity index (χ0v) is 10.7. The molecule has 104 valence electrons. The molecule has 0 aromatic rings. The number of carboxylic acid groups (broad SMARTS) is 1. The lowest BCUT2D eigenvalue weighted by atomic mass is 10.2. The number of carbonyl (C=O) groups excluding carboxylic acids is 2. The molecule has 1 unspecified atom stereocenters. The Kier molecular flexibility index (Phi) is 8.55. The van der Waals surface area contributed by atoms with Crippen molar-refractivity contribution in [3.05, 3.63) is 0 Å². The van der Waals surface area contributed by atoms with Crippen LogP contribution >= 0.6 is 0 Å². The maximum Gasteiger partial charge on any atom is 0.334 e. The van der Waals surface area contributed by atoms with Gasteiger partial charge in [0.05, 0.1) is 6.54 Å². The van der Waals surface area contributed by atoms with Crippen LogP contribution in [0.5, 0.6) is 0 Å². The van der Waals surface area contributed by atoms with Gasteiger partial charge in [-0.15, -0.1) is 0 Å². The first-order valence-electron chi connectivity index (χ1n) is 5.80. The molecule has 0 heterocycles. The average Bonchev–Trinajstić information content (AvgIpc) is 2.34. The zero-order valence-electron chi connectivity index (χ0n) is 10.7. The topological polar surface area (TPSA) is 105 Å². The van der Waals surface area contributed by atoms with Gasteiger partial charge < -0.3 is 20.5 Å². The molecule has 2 amide bonds. The van der Waals surface area contributed by atoms with Crippen molar-refractivity contribution in [3.8, 4) is 0 Å². The predicted molar refractivity (Wildman–Crippen MR) is 64.0 cm³/mol. The molecule has 0 fully saturated rings. The number of methoxy groups -OCH3 is 1. The van der Waals surface area contributed by atoms with Crippen molar-refractivity contribution in [1.29, 1.82) is 0 Å². The summed E-state index contributed by atoms with van der Waals surface area (Å²) < 4.78 is 4.65. The Labute approximate surface area is 106 Å². The summed E-state index contributed by atoms with van der Waals surface area (Å²) in [5, 5.41) is 13.7. The highest BCUT2D eigenvalue weighted by atomic mass is 16.5. The highest BCUT2D eigenvalue weighted by Gasteiger charge is 2.17. The molecule has 0 aliphatic heterocycles. The molecule has 0 aliphatic carbocycles. The van der Waals surface area contributed by atoms with E-state index in [-0.39, 0.29) is 31.2 Å². The number of hydrogen-bond donors (Lipinski definition) is 3. The number of carboxylic acids is 1. The van der Waals surface area contributed by atoms with E-state index in [2.05, 4.69) is 15.4 Å². The van der Waals surface area contributed by atoms with Crippen molar-refractivity contribution in [3.63, 3.8) is 0 Å². The van der Waals surface area contributed by atoms with E-state index < -0.39 is 12.1 Å². The van der Waals surface area contributed by atoms with E-state index in [9.17, 15) is 14.4 Å². The summed E-state index contributed by atoms with van der Waals surface area (Å²) in [6.07, 6.45) is -0.100. The summed E-state index contributed by atoms with van der Waals surface area (Å²) >= 11 is 0. The number of amides is 2. The lowest BCUT2D eigenvalue weighted by Gasteiger charge is -2.11. The quantitative estimate of drug-likeness (QED) is 0.519. The fourth-order valence-electron chi connectivity index (χ4n) is 1.15. The van der Waals surface area contributed by atoms with Crippen LogP contribution in [0.25, 0.3) is 0 Å². The lowest BCUT2D eigenvalue weighted by Crippen LogP contribution is -2.38. The molecular weight excluding hydrogens is 240 g/mol. The third kappa shape index (κ3) is 7.61. The monoisotopic (exact) mass is 260 g/mol. The number of ether oxygens (including phenoxy) is 1. The van der Waals surface area contributed by atoms with Gasteiger partial charge >= 0.3 is 5.97 Å². The summed E-state index contributed by atoms with van der Waals surface area (Å²) in [6.45, 7) is 2.41. The first kappa shape index (κ1) is 16.4. The van der Waals surface area contributed by atoms with Crippen LogP contribution in [0.4, 0.5) is 0 Å². The molecule has 1 atom stereocenters. The molecule has 0 aromatic heterocycles. The second-order valence-electron chi connectivity index (χ2n) is 3.72. The van der Waals surface area contributed by atoms with Crippen LogP contribution in [-0.2, 0) is 19.1 Å². The van der Waals surface area contributed by atoms with Crippen LogP contribution in [0.15, 0.2) is 0 Å². The zero-order chi connectivity index (χ0) is 14.0. The molecule has 0 saturated heterocycles. The number of aliphatic carboxylic acids is 1. The minimum Gasteiger partial charge on any atom is -0.479 e. The normalized spacial score (nSPS) is 11.7. The summed E-state index contributed by atoms with van der Waals surface area (Å²) in [6, 6.07) is 0. The second kappa shape index (κ2) is 9.41. The Bertz CT molecular complexity index is 293. The fourth-order valence-corrected chi connectivity index (χ4v) is 1.15. The van der Waals surface area contributed by atoms with Crippen molar-refractivity contribution in [2.45, 2.75) is 32.3 Å². The average molecular weight is 260 g/mol. The Morgan fingerprint density at radius 1 is 1.17 bits per heavy atom. The van der Waals surface area contributed by atoms with Crippen LogP contribution in [0, 0.1) is 0 Å². The number of nitrogens with one attached hydrogen (secondary N) is 2. The maximum absolute atomic E-state index is 11.3. The van der Waals surface area contributed by atoms with Gasteiger partial charge in [-0.1, -0.05) is 6.92 Å². The first-order chi connectivity index (χ1) is 8.51. The van der Waals surface area contributed by atoms with E-state index in [0.29, 0.717) is 6.54 Å². The molecule has 0 rings (SSSR count). The van der Waals surface area contributed by atoms with Gasteiger partial charge in [0.15, 0.2) is 6.10 Å². The van der Waals surface area contributed by atoms with Crippen molar-refractivity contribution in [2.75, 3.05) is 20.2 Å². The van der Waals surface area contributed by atoms with Crippen molar-refractivity contribution in [1.82, 2.24) is 10.6 Å². The standard InChI is InChI=1S/C11H20N2O5/c1-3-6-12-9(14)4-5-10(15)13-7-8(18-2)11(16)17/h8H,3-7H2,1-2H3,(H,12,14)(H,13,15)(H,16,17). The Balaban J connectivity index is 3.77. The highest BCUT2D eigenvalue weighted by molar-refractivity contribution is 5.84. The molecule has 7 nitrogen and oxygen atoms in total. The second-order valence-corrected chi connectivity index (χ2v) is 3.72. The number of rotatable bonds is 9. The Morgan fingerprint density at radius 3 is 2.17 bits per heavy atom. The van der Waals surface area contributed by atoms with Crippen LogP contribution in [0.3, 0.4) is 0 Å². The van der Waals surface area contributed by atoms with Crippen LogP contribution in [0.1, 0.15) is 26.2 Å². The molecular formula is C11H20N2O5. The Morgan fingerprint density at radius 2 is 1.72 bits per heavy atom. The van der Waals surface area contributed by atoms with Crippen molar-refractivity contribution >= 4 is 17.8 Å². The summed E-state index contributed by atoms with van der Waals surface area (Å²) in [4.78, 5) is 33.1. The van der Waals surface area contributed by atoms with Gasteiger partial charge in [0.25, 0.3) is 0 Å². The van der Waals surface area contributed by atoms with Gasteiger partial charge in [0.1, 0.15) is 0 Å². The summed E-state index contributed by atoms with van der Waals surface area (Å²) in [5.41, 5.74) is 0.